The Balaban J connectivity index is 1.50. The first-order valence-corrected chi connectivity index (χ1v) is 9.16. The molecule has 3 heterocycles. The predicted molar refractivity (Wildman–Crippen MR) is 88.0 cm³/mol. The zero-order valence-electron chi connectivity index (χ0n) is 12.9. The molecule has 6 nitrogen and oxygen atoms in total. The fraction of sp³-hybridized carbons (Fsp3) is 0.562. The molecule has 122 valence electrons. The SMILES string of the molecule is O=C(NC(c1nccs1)C1CC1)N1CCCCC1c1ncc[nH]1. The van der Waals surface area contributed by atoms with Crippen molar-refractivity contribution in [3.63, 3.8) is 0 Å². The Morgan fingerprint density at radius 2 is 2.22 bits per heavy atom. The Morgan fingerprint density at radius 3 is 2.91 bits per heavy atom. The molecule has 2 aromatic rings. The van der Waals surface area contributed by atoms with E-state index in [4.69, 9.17) is 0 Å². The Kier molecular flexibility index (Phi) is 4.03. The number of nitrogens with one attached hydrogen (secondary N) is 2. The normalized spacial score (nSPS) is 22.8. The molecule has 1 aliphatic heterocycles. The quantitative estimate of drug-likeness (QED) is 0.903. The lowest BCUT2D eigenvalue weighted by atomic mass is 10.0. The van der Waals surface area contributed by atoms with E-state index in [1.54, 1.807) is 17.5 Å². The van der Waals surface area contributed by atoms with Gasteiger partial charge in [0, 0.05) is 30.5 Å². The topological polar surface area (TPSA) is 73.9 Å². The van der Waals surface area contributed by atoms with Gasteiger partial charge >= 0.3 is 6.03 Å². The molecule has 2 aliphatic rings. The van der Waals surface area contributed by atoms with Gasteiger partial charge in [0.1, 0.15) is 10.8 Å². The maximum atomic E-state index is 12.9. The number of amides is 2. The summed E-state index contributed by atoms with van der Waals surface area (Å²) in [5, 5.41) is 6.23. The monoisotopic (exact) mass is 331 g/mol. The third kappa shape index (κ3) is 3.10. The van der Waals surface area contributed by atoms with Crippen molar-refractivity contribution in [3.8, 4) is 0 Å². The second-order valence-corrected chi connectivity index (χ2v) is 7.24. The van der Waals surface area contributed by atoms with Crippen molar-refractivity contribution in [2.24, 2.45) is 5.92 Å². The van der Waals surface area contributed by atoms with Crippen LogP contribution in [0, 0.1) is 5.92 Å². The summed E-state index contributed by atoms with van der Waals surface area (Å²) in [5.74, 6) is 1.43. The number of urea groups is 1. The molecule has 1 saturated carbocycles. The number of thiazole rings is 1. The molecule has 4 rings (SSSR count). The van der Waals surface area contributed by atoms with Gasteiger partial charge in [0.25, 0.3) is 0 Å². The van der Waals surface area contributed by atoms with Crippen LogP contribution in [0.3, 0.4) is 0 Å². The lowest BCUT2D eigenvalue weighted by molar-refractivity contribution is 0.143. The molecular formula is C16H21N5OS. The largest absolute Gasteiger partial charge is 0.347 e. The summed E-state index contributed by atoms with van der Waals surface area (Å²) in [6, 6.07) is 0.120. The van der Waals surface area contributed by atoms with Gasteiger partial charge in [0.15, 0.2) is 0 Å². The highest BCUT2D eigenvalue weighted by molar-refractivity contribution is 7.09. The van der Waals surface area contributed by atoms with Crippen LogP contribution in [0.4, 0.5) is 4.79 Å². The highest BCUT2D eigenvalue weighted by atomic mass is 32.1. The van der Waals surface area contributed by atoms with E-state index >= 15 is 0 Å². The predicted octanol–water partition coefficient (Wildman–Crippen LogP) is 3.25. The lowest BCUT2D eigenvalue weighted by Crippen LogP contribution is -2.46. The number of hydrogen-bond acceptors (Lipinski definition) is 4. The van der Waals surface area contributed by atoms with Gasteiger partial charge in [-0.1, -0.05) is 0 Å². The summed E-state index contributed by atoms with van der Waals surface area (Å²) in [4.78, 5) is 26.8. The summed E-state index contributed by atoms with van der Waals surface area (Å²) < 4.78 is 0. The average molecular weight is 331 g/mol. The van der Waals surface area contributed by atoms with E-state index in [1.807, 2.05) is 22.7 Å². The van der Waals surface area contributed by atoms with E-state index in [2.05, 4.69) is 20.3 Å². The van der Waals surface area contributed by atoms with Gasteiger partial charge in [-0.25, -0.2) is 14.8 Å². The van der Waals surface area contributed by atoms with E-state index in [1.165, 1.54) is 12.8 Å². The number of aromatic nitrogens is 3. The number of carbonyl (C=O) groups is 1. The number of hydrogen-bond donors (Lipinski definition) is 2. The molecule has 1 saturated heterocycles. The van der Waals surface area contributed by atoms with Crippen LogP contribution in [0.15, 0.2) is 24.0 Å². The van der Waals surface area contributed by atoms with Crippen molar-refractivity contribution in [2.75, 3.05) is 6.54 Å². The summed E-state index contributed by atoms with van der Waals surface area (Å²) in [5.41, 5.74) is 0. The summed E-state index contributed by atoms with van der Waals surface area (Å²) in [6.07, 6.45) is 10.9. The van der Waals surface area contributed by atoms with Crippen LogP contribution in [0.25, 0.3) is 0 Å². The van der Waals surface area contributed by atoms with Crippen LogP contribution in [0.1, 0.15) is 55.0 Å². The molecule has 0 spiro atoms. The molecule has 23 heavy (non-hydrogen) atoms. The molecule has 7 heteroatoms. The number of H-pyrrole nitrogens is 1. The van der Waals surface area contributed by atoms with Crippen LogP contribution in [-0.4, -0.2) is 32.4 Å². The van der Waals surface area contributed by atoms with E-state index in [-0.39, 0.29) is 18.1 Å². The summed E-state index contributed by atoms with van der Waals surface area (Å²) >= 11 is 1.62. The molecule has 2 unspecified atom stereocenters. The highest BCUT2D eigenvalue weighted by Crippen LogP contribution is 2.42. The third-order valence-corrected chi connectivity index (χ3v) is 5.55. The van der Waals surface area contributed by atoms with Crippen LogP contribution < -0.4 is 5.32 Å². The van der Waals surface area contributed by atoms with Crippen molar-refractivity contribution in [1.29, 1.82) is 0 Å². The maximum Gasteiger partial charge on any atom is 0.318 e. The smallest absolute Gasteiger partial charge is 0.318 e. The number of nitrogens with zero attached hydrogens (tertiary/aromatic N) is 3. The van der Waals surface area contributed by atoms with E-state index < -0.39 is 0 Å². The van der Waals surface area contributed by atoms with Gasteiger partial charge in [0.05, 0.1) is 12.1 Å². The molecule has 2 aromatic heterocycles. The number of likely N-dealkylation sites (tertiary alicyclic amines) is 1. The first-order valence-electron chi connectivity index (χ1n) is 8.29. The van der Waals surface area contributed by atoms with E-state index in [0.717, 1.165) is 36.6 Å². The van der Waals surface area contributed by atoms with Crippen molar-refractivity contribution in [3.05, 3.63) is 34.8 Å². The van der Waals surface area contributed by atoms with E-state index in [9.17, 15) is 4.79 Å². The second kappa shape index (κ2) is 6.31. The Morgan fingerprint density at radius 1 is 1.30 bits per heavy atom. The van der Waals surface area contributed by atoms with Gasteiger partial charge in [-0.2, -0.15) is 0 Å². The molecule has 2 atom stereocenters. The van der Waals surface area contributed by atoms with Crippen molar-refractivity contribution in [1.82, 2.24) is 25.2 Å². The first kappa shape index (κ1) is 14.7. The second-order valence-electron chi connectivity index (χ2n) is 6.31. The van der Waals surface area contributed by atoms with Crippen LogP contribution in [0.2, 0.25) is 0 Å². The molecule has 0 bridgehead atoms. The van der Waals surface area contributed by atoms with Gasteiger partial charge in [-0.05, 0) is 38.0 Å². The molecule has 1 aliphatic carbocycles. The van der Waals surface area contributed by atoms with Crippen LogP contribution in [0.5, 0.6) is 0 Å². The number of aromatic amines is 1. The van der Waals surface area contributed by atoms with Gasteiger partial charge in [0.2, 0.25) is 0 Å². The molecule has 2 amide bonds. The fourth-order valence-electron chi connectivity index (χ4n) is 3.33. The zero-order valence-corrected chi connectivity index (χ0v) is 13.8. The highest BCUT2D eigenvalue weighted by Gasteiger charge is 2.37. The minimum atomic E-state index is 0.0122. The minimum Gasteiger partial charge on any atom is -0.347 e. The lowest BCUT2D eigenvalue weighted by Gasteiger charge is -2.35. The standard InChI is InChI=1S/C16H21N5OS/c22-16(20-13(11-4-5-11)15-19-8-10-23-15)21-9-2-1-3-12(21)14-17-6-7-18-14/h6-8,10-13H,1-5,9H2,(H,17,18)(H,20,22). The molecule has 0 radical (unpaired) electrons. The number of carbonyl (C=O) groups excluding carboxylic acids is 1. The Hall–Kier alpha value is -1.89. The number of rotatable bonds is 4. The molecule has 2 N–H and O–H groups in total. The maximum absolute atomic E-state index is 12.9. The molecule has 0 aromatic carbocycles. The van der Waals surface area contributed by atoms with Gasteiger partial charge in [-0.15, -0.1) is 11.3 Å². The summed E-state index contributed by atoms with van der Waals surface area (Å²) in [6.45, 7) is 0.784. The summed E-state index contributed by atoms with van der Waals surface area (Å²) in [7, 11) is 0. The zero-order chi connectivity index (χ0) is 15.6. The van der Waals surface area contributed by atoms with Crippen molar-refractivity contribution in [2.45, 2.75) is 44.2 Å². The van der Waals surface area contributed by atoms with Gasteiger partial charge < -0.3 is 15.2 Å². The first-order chi connectivity index (χ1) is 11.3. The molecule has 2 fully saturated rings. The Bertz CT molecular complexity index is 637. The molecular weight excluding hydrogens is 310 g/mol. The van der Waals surface area contributed by atoms with Crippen LogP contribution in [-0.2, 0) is 0 Å². The Labute approximate surface area is 139 Å². The number of imidazole rings is 1. The van der Waals surface area contributed by atoms with E-state index in [0.29, 0.717) is 5.92 Å². The van der Waals surface area contributed by atoms with Gasteiger partial charge in [-0.3, -0.25) is 0 Å². The third-order valence-electron chi connectivity index (χ3n) is 4.69. The van der Waals surface area contributed by atoms with Crippen molar-refractivity contribution < 1.29 is 4.79 Å². The van der Waals surface area contributed by atoms with Crippen LogP contribution >= 0.6 is 11.3 Å². The number of piperidine rings is 1. The van der Waals surface area contributed by atoms with Crippen molar-refractivity contribution >= 4 is 17.4 Å². The minimum absolute atomic E-state index is 0.0122. The average Bonchev–Trinajstić information content (AvgIpc) is 3.06. The fourth-order valence-corrected chi connectivity index (χ4v) is 4.11.